The molecule has 2 aromatic rings. The average molecular weight is 373 g/mol. The van der Waals surface area contributed by atoms with Crippen molar-refractivity contribution in [1.29, 1.82) is 0 Å². The fourth-order valence-electron chi connectivity index (χ4n) is 1.66. The molecule has 0 unspecified atom stereocenters. The van der Waals surface area contributed by atoms with Gasteiger partial charge in [0, 0.05) is 15.5 Å². The van der Waals surface area contributed by atoms with Crippen LogP contribution in [-0.2, 0) is 5.41 Å². The quantitative estimate of drug-likeness (QED) is 0.719. The lowest BCUT2D eigenvalue weighted by molar-refractivity contribution is 0.545. The van der Waals surface area contributed by atoms with Gasteiger partial charge >= 0.3 is 0 Å². The number of rotatable bonds is 2. The van der Waals surface area contributed by atoms with Gasteiger partial charge in [0.25, 0.3) is 0 Å². The van der Waals surface area contributed by atoms with Crippen LogP contribution in [0.1, 0.15) is 32.2 Å². The monoisotopic (exact) mass is 371 g/mol. The van der Waals surface area contributed by atoms with Crippen LogP contribution in [0.25, 0.3) is 0 Å². The second-order valence-corrected chi connectivity index (χ2v) is 7.08. The number of nitrogens with zero attached hydrogens (tertiary/aromatic N) is 2. The van der Waals surface area contributed by atoms with Crippen molar-refractivity contribution in [3.63, 3.8) is 0 Å². The Labute approximate surface area is 137 Å². The third-order valence-electron chi connectivity index (χ3n) is 2.94. The minimum atomic E-state index is -0.365. The van der Waals surface area contributed by atoms with Crippen LogP contribution in [0.15, 0.2) is 22.7 Å². The topological polar surface area (TPSA) is 37.8 Å². The van der Waals surface area contributed by atoms with Crippen LogP contribution in [-0.4, -0.2) is 9.97 Å². The summed E-state index contributed by atoms with van der Waals surface area (Å²) < 4.78 is 14.6. The summed E-state index contributed by atoms with van der Waals surface area (Å²) in [5.74, 6) is 0.759. The van der Waals surface area contributed by atoms with E-state index in [2.05, 4.69) is 31.2 Å². The molecule has 1 N–H and O–H groups in total. The summed E-state index contributed by atoms with van der Waals surface area (Å²) in [6, 6.07) is 4.80. The van der Waals surface area contributed by atoms with E-state index < -0.39 is 0 Å². The predicted molar refractivity (Wildman–Crippen MR) is 87.9 cm³/mol. The zero-order valence-electron chi connectivity index (χ0n) is 12.3. The van der Waals surface area contributed by atoms with Crippen LogP contribution in [0.3, 0.4) is 0 Å². The van der Waals surface area contributed by atoms with Crippen molar-refractivity contribution < 1.29 is 4.39 Å². The Bertz CT molecular complexity index is 683. The van der Waals surface area contributed by atoms with Crippen molar-refractivity contribution in [1.82, 2.24) is 9.97 Å². The Morgan fingerprint density at radius 3 is 2.48 bits per heavy atom. The molecule has 6 heteroatoms. The minimum absolute atomic E-state index is 0.244. The van der Waals surface area contributed by atoms with Crippen LogP contribution >= 0.6 is 27.5 Å². The van der Waals surface area contributed by atoms with Gasteiger partial charge in [-0.15, -0.1) is 0 Å². The Hall–Kier alpha value is -1.20. The fourth-order valence-corrected chi connectivity index (χ4v) is 2.17. The Balaban J connectivity index is 2.46. The Kier molecular flexibility index (Phi) is 4.54. The molecule has 21 heavy (non-hydrogen) atoms. The molecule has 0 fully saturated rings. The zero-order chi connectivity index (χ0) is 15.8. The van der Waals surface area contributed by atoms with Crippen LogP contribution in [0.5, 0.6) is 0 Å². The lowest BCUT2D eigenvalue weighted by atomic mass is 9.95. The number of hydrogen-bond acceptors (Lipinski definition) is 3. The number of anilines is 2. The number of nitrogens with one attached hydrogen (secondary N) is 1. The number of halogens is 3. The molecular formula is C15H16BrClFN3. The van der Waals surface area contributed by atoms with Gasteiger partial charge < -0.3 is 5.32 Å². The van der Waals surface area contributed by atoms with Gasteiger partial charge in [-0.2, -0.15) is 0 Å². The van der Waals surface area contributed by atoms with Gasteiger partial charge in [-0.25, -0.2) is 14.4 Å². The standard InChI is InChI=1S/C15H16BrClFN3/c1-8-12(17)20-14(15(2,3)4)21-13(8)19-11-6-5-9(16)7-10(11)18/h5-7H,1-4H3,(H,19,20,21). The molecule has 3 nitrogen and oxygen atoms in total. The first-order valence-corrected chi connectivity index (χ1v) is 7.62. The first kappa shape index (κ1) is 16.2. The number of aromatic nitrogens is 2. The van der Waals surface area contributed by atoms with Crippen LogP contribution < -0.4 is 5.32 Å². The van der Waals surface area contributed by atoms with E-state index in [1.165, 1.54) is 6.07 Å². The summed E-state index contributed by atoms with van der Waals surface area (Å²) in [6.07, 6.45) is 0. The molecule has 0 aliphatic carbocycles. The third-order valence-corrected chi connectivity index (χ3v) is 3.80. The summed E-state index contributed by atoms with van der Waals surface area (Å²) >= 11 is 9.39. The normalized spacial score (nSPS) is 11.6. The van der Waals surface area contributed by atoms with Crippen molar-refractivity contribution in [3.8, 4) is 0 Å². The highest BCUT2D eigenvalue weighted by molar-refractivity contribution is 9.10. The van der Waals surface area contributed by atoms with Gasteiger partial charge in [0.1, 0.15) is 22.6 Å². The van der Waals surface area contributed by atoms with Crippen molar-refractivity contribution >= 4 is 39.0 Å². The predicted octanol–water partition coefficient (Wildman–Crippen LogP) is 5.38. The van der Waals surface area contributed by atoms with Crippen molar-refractivity contribution in [2.75, 3.05) is 5.32 Å². The molecule has 0 amide bonds. The van der Waals surface area contributed by atoms with Gasteiger partial charge in [0.2, 0.25) is 0 Å². The number of benzene rings is 1. The Morgan fingerprint density at radius 2 is 1.90 bits per heavy atom. The summed E-state index contributed by atoms with van der Waals surface area (Å²) in [4.78, 5) is 8.77. The van der Waals surface area contributed by atoms with E-state index in [0.29, 0.717) is 32.5 Å². The van der Waals surface area contributed by atoms with E-state index in [1.54, 1.807) is 19.1 Å². The van der Waals surface area contributed by atoms with Crippen molar-refractivity contribution in [2.45, 2.75) is 33.1 Å². The third kappa shape index (κ3) is 3.71. The second kappa shape index (κ2) is 5.89. The minimum Gasteiger partial charge on any atom is -0.337 e. The van der Waals surface area contributed by atoms with Crippen molar-refractivity contribution in [3.05, 3.63) is 45.0 Å². The highest BCUT2D eigenvalue weighted by Gasteiger charge is 2.21. The second-order valence-electron chi connectivity index (χ2n) is 5.81. The number of hydrogen-bond donors (Lipinski definition) is 1. The molecule has 0 saturated heterocycles. The first-order valence-electron chi connectivity index (χ1n) is 6.45. The fraction of sp³-hybridized carbons (Fsp3) is 0.333. The molecule has 1 aromatic carbocycles. The van der Waals surface area contributed by atoms with E-state index in [-0.39, 0.29) is 11.2 Å². The maximum atomic E-state index is 13.9. The van der Waals surface area contributed by atoms with Crippen LogP contribution in [0.4, 0.5) is 15.9 Å². The van der Waals surface area contributed by atoms with Gasteiger partial charge in [0.05, 0.1) is 5.69 Å². The molecule has 1 heterocycles. The molecule has 0 saturated carbocycles. The summed E-state index contributed by atoms with van der Waals surface area (Å²) in [7, 11) is 0. The molecule has 0 bridgehead atoms. The van der Waals surface area contributed by atoms with Crippen LogP contribution in [0, 0.1) is 12.7 Å². The molecule has 2 rings (SSSR count). The molecule has 112 valence electrons. The van der Waals surface area contributed by atoms with Gasteiger partial charge in [-0.05, 0) is 25.1 Å². The van der Waals surface area contributed by atoms with Crippen LogP contribution in [0.2, 0.25) is 5.15 Å². The van der Waals surface area contributed by atoms with E-state index in [4.69, 9.17) is 11.6 Å². The molecule has 0 aliphatic heterocycles. The Morgan fingerprint density at radius 1 is 1.24 bits per heavy atom. The molecule has 1 aromatic heterocycles. The molecule has 0 spiro atoms. The highest BCUT2D eigenvalue weighted by Crippen LogP contribution is 2.29. The van der Waals surface area contributed by atoms with Gasteiger partial charge in [-0.3, -0.25) is 0 Å². The average Bonchev–Trinajstić information content (AvgIpc) is 2.36. The lowest BCUT2D eigenvalue weighted by Crippen LogP contribution is -2.17. The van der Waals surface area contributed by atoms with E-state index >= 15 is 0 Å². The molecule has 0 aliphatic rings. The molecular weight excluding hydrogens is 357 g/mol. The van der Waals surface area contributed by atoms with E-state index in [0.717, 1.165) is 0 Å². The highest BCUT2D eigenvalue weighted by atomic mass is 79.9. The molecule has 0 radical (unpaired) electrons. The first-order chi connectivity index (χ1) is 9.68. The smallest absolute Gasteiger partial charge is 0.147 e. The van der Waals surface area contributed by atoms with E-state index in [9.17, 15) is 4.39 Å². The maximum Gasteiger partial charge on any atom is 0.147 e. The van der Waals surface area contributed by atoms with Gasteiger partial charge in [0.15, 0.2) is 0 Å². The SMILES string of the molecule is Cc1c(Cl)nc(C(C)(C)C)nc1Nc1ccc(Br)cc1F. The largest absolute Gasteiger partial charge is 0.337 e. The summed E-state index contributed by atoms with van der Waals surface area (Å²) in [5, 5.41) is 3.36. The molecule has 0 atom stereocenters. The zero-order valence-corrected chi connectivity index (χ0v) is 14.6. The van der Waals surface area contributed by atoms with Gasteiger partial charge in [-0.1, -0.05) is 48.3 Å². The maximum absolute atomic E-state index is 13.9. The van der Waals surface area contributed by atoms with Crippen molar-refractivity contribution in [2.24, 2.45) is 0 Å². The summed E-state index contributed by atoms with van der Waals surface area (Å²) in [5.41, 5.74) is 0.786. The summed E-state index contributed by atoms with van der Waals surface area (Å²) in [6.45, 7) is 7.79. The lowest BCUT2D eigenvalue weighted by Gasteiger charge is -2.19. The van der Waals surface area contributed by atoms with E-state index in [1.807, 2.05) is 20.8 Å².